The van der Waals surface area contributed by atoms with Crippen molar-refractivity contribution in [3.63, 3.8) is 0 Å². The van der Waals surface area contributed by atoms with Crippen LogP contribution in [0.1, 0.15) is 174 Å². The quantitative estimate of drug-likeness (QED) is 0.0640. The van der Waals surface area contributed by atoms with Crippen LogP contribution in [0.2, 0.25) is 0 Å². The molecule has 2 rings (SSSR count). The minimum atomic E-state index is -1.55. The number of hydrogen-bond acceptors (Lipinski definition) is 8. The van der Waals surface area contributed by atoms with Crippen molar-refractivity contribution in [1.29, 1.82) is 0 Å². The summed E-state index contributed by atoms with van der Waals surface area (Å²) in [4.78, 5) is 2.51. The van der Waals surface area contributed by atoms with Gasteiger partial charge >= 0.3 is 0 Å². The molecule has 1 aromatic heterocycles. The van der Waals surface area contributed by atoms with Gasteiger partial charge in [0.15, 0.2) is 6.29 Å². The number of aliphatic hydroxyl groups excluding tert-OH is 4. The van der Waals surface area contributed by atoms with Crippen LogP contribution in [0.5, 0.6) is 0 Å². The largest absolute Gasteiger partial charge is 0.388 e. The van der Waals surface area contributed by atoms with Gasteiger partial charge in [0.2, 0.25) is 0 Å². The number of unbranched alkanes of at least 4 members (excludes halogenated alkanes) is 22. The Kier molecular flexibility index (Phi) is 23.9. The van der Waals surface area contributed by atoms with Gasteiger partial charge in [-0.05, 0) is 25.9 Å². The highest BCUT2D eigenvalue weighted by molar-refractivity contribution is 4.94. The average Bonchev–Trinajstić information content (AvgIpc) is 3.49. The van der Waals surface area contributed by atoms with Crippen molar-refractivity contribution in [1.82, 2.24) is 19.9 Å². The first-order chi connectivity index (χ1) is 22.5. The normalized spacial score (nSPS) is 21.8. The lowest BCUT2D eigenvalue weighted by Crippen LogP contribution is -2.58. The Morgan fingerprint density at radius 2 is 1.00 bits per heavy atom. The fourth-order valence-corrected chi connectivity index (χ4v) is 6.62. The van der Waals surface area contributed by atoms with Crippen molar-refractivity contribution in [3.8, 4) is 0 Å². The highest BCUT2D eigenvalue weighted by Gasteiger charge is 2.43. The van der Waals surface area contributed by atoms with Gasteiger partial charge in [-0.2, -0.15) is 0 Å². The first kappa shape index (κ1) is 41.1. The molecule has 9 heteroatoms. The third-order valence-corrected chi connectivity index (χ3v) is 9.68. The second kappa shape index (κ2) is 26.8. The minimum absolute atomic E-state index is 0.131. The molecule has 1 aliphatic heterocycles. The lowest BCUT2D eigenvalue weighted by molar-refractivity contribution is -0.284. The van der Waals surface area contributed by atoms with E-state index in [0.29, 0.717) is 0 Å². The van der Waals surface area contributed by atoms with E-state index in [0.717, 1.165) is 25.3 Å². The summed E-state index contributed by atoms with van der Waals surface area (Å²) in [5.74, 6) is 0. The lowest BCUT2D eigenvalue weighted by atomic mass is 9.99. The zero-order valence-electron chi connectivity index (χ0n) is 29.7. The van der Waals surface area contributed by atoms with E-state index in [1.54, 1.807) is 4.68 Å². The van der Waals surface area contributed by atoms with Crippen LogP contribution in [-0.2, 0) is 17.8 Å². The number of aliphatic hydroxyl groups is 4. The van der Waals surface area contributed by atoms with E-state index in [1.807, 2.05) is 6.20 Å². The first-order valence-electron chi connectivity index (χ1n) is 19.4. The fraction of sp³-hybridized carbons (Fsp3) is 0.946. The number of aromatic nitrogens is 3. The summed E-state index contributed by atoms with van der Waals surface area (Å²) >= 11 is 0. The van der Waals surface area contributed by atoms with Crippen molar-refractivity contribution in [2.45, 2.75) is 212 Å². The Hall–Kier alpha value is -1.10. The summed E-state index contributed by atoms with van der Waals surface area (Å²) in [6.45, 7) is 7.53. The van der Waals surface area contributed by atoms with Crippen molar-refractivity contribution in [2.75, 3.05) is 13.1 Å². The van der Waals surface area contributed by atoms with E-state index in [1.165, 1.54) is 154 Å². The molecule has 1 fully saturated rings. The van der Waals surface area contributed by atoms with Gasteiger partial charge in [-0.1, -0.05) is 160 Å². The molecule has 9 nitrogen and oxygen atoms in total. The van der Waals surface area contributed by atoms with Crippen LogP contribution in [0.4, 0.5) is 0 Å². The summed E-state index contributed by atoms with van der Waals surface area (Å²) in [5.41, 5.74) is 0.865. The van der Waals surface area contributed by atoms with Gasteiger partial charge in [-0.25, -0.2) is 4.68 Å². The molecule has 2 heterocycles. The zero-order valence-corrected chi connectivity index (χ0v) is 29.7. The second-order valence-corrected chi connectivity index (χ2v) is 14.0. The van der Waals surface area contributed by atoms with Crippen molar-refractivity contribution in [3.05, 3.63) is 11.9 Å². The number of hydrogen-bond donors (Lipinski definition) is 4. The number of nitrogens with zero attached hydrogens (tertiary/aromatic N) is 4. The van der Waals surface area contributed by atoms with Gasteiger partial charge in [0, 0.05) is 12.7 Å². The van der Waals surface area contributed by atoms with E-state index in [9.17, 15) is 20.4 Å². The summed E-state index contributed by atoms with van der Waals surface area (Å²) < 4.78 is 6.91. The van der Waals surface area contributed by atoms with Gasteiger partial charge in [0.25, 0.3) is 0 Å². The molecule has 1 aromatic rings. The van der Waals surface area contributed by atoms with Crippen molar-refractivity contribution in [2.24, 2.45) is 0 Å². The van der Waals surface area contributed by atoms with Gasteiger partial charge in [0.05, 0.1) is 12.2 Å². The maximum Gasteiger partial charge on any atom is 0.184 e. The molecular weight excluding hydrogens is 580 g/mol. The molecular formula is C37H72N4O5. The molecule has 46 heavy (non-hydrogen) atoms. The molecule has 1 unspecified atom stereocenters. The highest BCUT2D eigenvalue weighted by Crippen LogP contribution is 2.21. The second-order valence-electron chi connectivity index (χ2n) is 14.0. The molecule has 4 N–H and O–H groups in total. The summed E-state index contributed by atoms with van der Waals surface area (Å²) in [6.07, 6.45) is 27.5. The monoisotopic (exact) mass is 653 g/mol. The summed E-state index contributed by atoms with van der Waals surface area (Å²) in [7, 11) is 0. The number of rotatable bonds is 30. The topological polar surface area (TPSA) is 124 Å². The molecule has 0 spiro atoms. The summed E-state index contributed by atoms with van der Waals surface area (Å²) in [6, 6.07) is 0. The maximum atomic E-state index is 10.3. The van der Waals surface area contributed by atoms with Crippen molar-refractivity contribution >= 4 is 0 Å². The molecule has 0 radical (unpaired) electrons. The first-order valence-corrected chi connectivity index (χ1v) is 19.4. The Labute approximate surface area is 281 Å². The van der Waals surface area contributed by atoms with Gasteiger partial charge in [-0.15, -0.1) is 5.10 Å². The van der Waals surface area contributed by atoms with Crippen LogP contribution in [0.3, 0.4) is 0 Å². The SMILES string of the molecule is CCCCCCCCCCCCCCN(CCCCCCCCCCCCCC)Cc1cn(C[C@@H]2OC(O)[C@@H](O)[C@H](O)[C@@H]2O)nn1. The Morgan fingerprint density at radius 1 is 0.587 bits per heavy atom. The Morgan fingerprint density at radius 3 is 1.43 bits per heavy atom. The molecule has 1 saturated heterocycles. The highest BCUT2D eigenvalue weighted by atomic mass is 16.6. The Balaban J connectivity index is 1.70. The van der Waals surface area contributed by atoms with Gasteiger partial charge < -0.3 is 25.2 Å². The van der Waals surface area contributed by atoms with Crippen LogP contribution < -0.4 is 0 Å². The third kappa shape index (κ3) is 18.4. The molecule has 1 aliphatic rings. The molecule has 0 amide bonds. The van der Waals surface area contributed by atoms with Crippen LogP contribution in [0, 0.1) is 0 Å². The molecule has 0 saturated carbocycles. The van der Waals surface area contributed by atoms with E-state index in [2.05, 4.69) is 29.1 Å². The third-order valence-electron chi connectivity index (χ3n) is 9.68. The maximum absolute atomic E-state index is 10.3. The zero-order chi connectivity index (χ0) is 33.2. The minimum Gasteiger partial charge on any atom is -0.388 e. The van der Waals surface area contributed by atoms with Crippen LogP contribution in [-0.4, -0.2) is 84.1 Å². The molecule has 0 bridgehead atoms. The van der Waals surface area contributed by atoms with Crippen molar-refractivity contribution < 1.29 is 25.2 Å². The van der Waals surface area contributed by atoms with Gasteiger partial charge in [0.1, 0.15) is 24.4 Å². The van der Waals surface area contributed by atoms with E-state index < -0.39 is 30.7 Å². The van der Waals surface area contributed by atoms with Crippen LogP contribution in [0.15, 0.2) is 6.20 Å². The summed E-state index contributed by atoms with van der Waals surface area (Å²) in [5, 5.41) is 48.5. The number of ether oxygens (including phenoxy) is 1. The Bertz CT molecular complexity index is 799. The smallest absolute Gasteiger partial charge is 0.184 e. The van der Waals surface area contributed by atoms with E-state index >= 15 is 0 Å². The van der Waals surface area contributed by atoms with Crippen LogP contribution >= 0.6 is 0 Å². The molecule has 270 valence electrons. The fourth-order valence-electron chi connectivity index (χ4n) is 6.62. The van der Waals surface area contributed by atoms with Gasteiger partial charge in [-0.3, -0.25) is 4.90 Å². The molecule has 5 atom stereocenters. The standard InChI is InChI=1S/C37H72N4O5/c1-3-5-7-9-11-13-15-17-19-21-23-25-27-40(28-26-24-22-20-18-16-14-12-10-8-6-4-2)29-32-30-41(39-38-32)31-33-34(42)35(43)36(44)37(45)46-33/h30,33-37,42-45H,3-29,31H2,1-2H3/t33-,34+,35+,36-,37?/m0/s1. The van der Waals surface area contributed by atoms with E-state index in [-0.39, 0.29) is 6.54 Å². The van der Waals surface area contributed by atoms with Crippen LogP contribution in [0.25, 0.3) is 0 Å². The average molecular weight is 653 g/mol. The molecule has 0 aromatic carbocycles. The lowest BCUT2D eigenvalue weighted by Gasteiger charge is -2.38. The molecule has 0 aliphatic carbocycles. The predicted octanol–water partition coefficient (Wildman–Crippen LogP) is 7.28. The van der Waals surface area contributed by atoms with E-state index in [4.69, 9.17) is 4.74 Å². The predicted molar refractivity (Wildman–Crippen MR) is 186 cm³/mol.